The molecule has 0 aliphatic carbocycles. The first-order chi connectivity index (χ1) is 6.29. The van der Waals surface area contributed by atoms with Crippen molar-refractivity contribution in [3.8, 4) is 0 Å². The minimum atomic E-state index is -0.935. The van der Waals surface area contributed by atoms with E-state index in [0.29, 0.717) is 11.5 Å². The molecule has 0 saturated carbocycles. The molecular weight excluding hydrogens is 170 g/mol. The maximum atomic E-state index is 10.8. The van der Waals surface area contributed by atoms with Gasteiger partial charge >= 0.3 is 5.97 Å². The van der Waals surface area contributed by atoms with Crippen LogP contribution in [0, 0.1) is 0 Å². The van der Waals surface area contributed by atoms with Crippen LogP contribution in [0.25, 0.3) is 0 Å². The number of hydrogen-bond donors (Lipinski definition) is 3. The lowest BCUT2D eigenvalue weighted by atomic mass is 10.2. The minimum absolute atomic E-state index is 0.261. The summed E-state index contributed by atoms with van der Waals surface area (Å²) in [5, 5.41) is 14.9. The molecule has 0 atom stereocenters. The number of rotatable bonds is 1. The number of nitrogens with one attached hydrogen (secondary N) is 2. The molecule has 0 spiro atoms. The van der Waals surface area contributed by atoms with Gasteiger partial charge in [-0.05, 0) is 6.07 Å². The Balaban J connectivity index is 2.52. The maximum Gasteiger partial charge on any atom is 0.337 e. The van der Waals surface area contributed by atoms with Crippen LogP contribution in [0.3, 0.4) is 0 Å². The number of pyridine rings is 1. The third-order valence-corrected chi connectivity index (χ3v) is 1.90. The van der Waals surface area contributed by atoms with E-state index >= 15 is 0 Å². The van der Waals surface area contributed by atoms with E-state index < -0.39 is 5.97 Å². The largest absolute Gasteiger partial charge is 0.478 e. The molecule has 5 nitrogen and oxygen atoms in total. The lowest BCUT2D eigenvalue weighted by molar-refractivity contribution is 0.0698. The smallest absolute Gasteiger partial charge is 0.337 e. The molecule has 0 unspecified atom stereocenters. The van der Waals surface area contributed by atoms with Crippen LogP contribution in [-0.4, -0.2) is 29.1 Å². The Hall–Kier alpha value is -1.78. The second-order valence-electron chi connectivity index (χ2n) is 2.74. The summed E-state index contributed by atoms with van der Waals surface area (Å²) in [4.78, 5) is 14.8. The Morgan fingerprint density at radius 3 is 3.00 bits per heavy atom. The van der Waals surface area contributed by atoms with Gasteiger partial charge in [0.2, 0.25) is 0 Å². The summed E-state index contributed by atoms with van der Waals surface area (Å²) in [5.74, 6) is -0.319. The summed E-state index contributed by atoms with van der Waals surface area (Å²) < 4.78 is 0. The number of hydrogen-bond acceptors (Lipinski definition) is 4. The van der Waals surface area contributed by atoms with Gasteiger partial charge in [-0.1, -0.05) is 0 Å². The van der Waals surface area contributed by atoms with Gasteiger partial charge < -0.3 is 15.7 Å². The first kappa shape index (κ1) is 7.85. The van der Waals surface area contributed by atoms with Gasteiger partial charge in [0.05, 0.1) is 11.3 Å². The normalized spacial score (nSPS) is 13.8. The van der Waals surface area contributed by atoms with E-state index in [1.54, 1.807) is 0 Å². The predicted molar refractivity (Wildman–Crippen MR) is 48.2 cm³/mol. The van der Waals surface area contributed by atoms with Gasteiger partial charge in [0.1, 0.15) is 5.82 Å². The van der Waals surface area contributed by atoms with E-state index in [4.69, 9.17) is 5.11 Å². The number of carbonyl (C=O) groups is 1. The molecule has 0 radical (unpaired) electrons. The number of aromatic carboxylic acids is 1. The van der Waals surface area contributed by atoms with Crippen molar-refractivity contribution in [3.05, 3.63) is 17.8 Å². The standard InChI is InChI=1S/C8H9N3O2/c12-8(13)5-1-2-10-7-6(5)9-3-4-11-7/h1-2,9H,3-4H2,(H,10,11)(H,12,13). The molecule has 0 fully saturated rings. The van der Waals surface area contributed by atoms with Gasteiger partial charge in [-0.15, -0.1) is 0 Å². The van der Waals surface area contributed by atoms with Crippen molar-refractivity contribution in [1.82, 2.24) is 4.98 Å². The van der Waals surface area contributed by atoms with Gasteiger partial charge in [-0.3, -0.25) is 0 Å². The summed E-state index contributed by atoms with van der Waals surface area (Å²) in [5.41, 5.74) is 0.846. The number of fused-ring (bicyclic) bond motifs is 1. The molecule has 0 bridgehead atoms. The zero-order valence-electron chi connectivity index (χ0n) is 6.87. The molecule has 1 aliphatic heterocycles. The topological polar surface area (TPSA) is 74.2 Å². The molecule has 68 valence electrons. The van der Waals surface area contributed by atoms with E-state index in [0.717, 1.165) is 13.1 Å². The fraction of sp³-hybridized carbons (Fsp3) is 0.250. The number of carboxylic acids is 1. The van der Waals surface area contributed by atoms with Crippen LogP contribution in [0.5, 0.6) is 0 Å². The van der Waals surface area contributed by atoms with Crippen LogP contribution in [0.15, 0.2) is 12.3 Å². The van der Waals surface area contributed by atoms with Crippen molar-refractivity contribution in [3.63, 3.8) is 0 Å². The Bertz CT molecular complexity index is 351. The van der Waals surface area contributed by atoms with Gasteiger partial charge in [0.15, 0.2) is 0 Å². The van der Waals surface area contributed by atoms with Crippen molar-refractivity contribution < 1.29 is 9.90 Å². The lowest BCUT2D eigenvalue weighted by Gasteiger charge is -2.19. The molecule has 1 aromatic heterocycles. The van der Waals surface area contributed by atoms with Crippen molar-refractivity contribution >= 4 is 17.5 Å². The third-order valence-electron chi connectivity index (χ3n) is 1.90. The number of carboxylic acid groups (broad SMARTS) is 1. The maximum absolute atomic E-state index is 10.8. The fourth-order valence-electron chi connectivity index (χ4n) is 1.32. The van der Waals surface area contributed by atoms with E-state index in [9.17, 15) is 4.79 Å². The summed E-state index contributed by atoms with van der Waals surface area (Å²) in [6.45, 7) is 1.49. The van der Waals surface area contributed by atoms with Crippen LogP contribution in [0.1, 0.15) is 10.4 Å². The molecule has 0 amide bonds. The minimum Gasteiger partial charge on any atom is -0.478 e. The molecule has 1 aliphatic rings. The van der Waals surface area contributed by atoms with E-state index in [1.807, 2.05) is 0 Å². The molecule has 0 saturated heterocycles. The van der Waals surface area contributed by atoms with E-state index in [2.05, 4.69) is 15.6 Å². The summed E-state index contributed by atoms with van der Waals surface area (Å²) in [6, 6.07) is 1.49. The average molecular weight is 179 g/mol. The first-order valence-corrected chi connectivity index (χ1v) is 3.99. The quantitative estimate of drug-likeness (QED) is 0.589. The fourth-order valence-corrected chi connectivity index (χ4v) is 1.32. The Morgan fingerprint density at radius 2 is 2.23 bits per heavy atom. The number of nitrogens with zero attached hydrogens (tertiary/aromatic N) is 1. The second kappa shape index (κ2) is 2.93. The van der Waals surface area contributed by atoms with Crippen molar-refractivity contribution in [2.75, 3.05) is 23.7 Å². The third kappa shape index (κ3) is 1.28. The van der Waals surface area contributed by atoms with E-state index in [-0.39, 0.29) is 5.56 Å². The van der Waals surface area contributed by atoms with Crippen molar-refractivity contribution in [2.45, 2.75) is 0 Å². The highest BCUT2D eigenvalue weighted by Crippen LogP contribution is 2.25. The van der Waals surface area contributed by atoms with Gasteiger partial charge in [-0.25, -0.2) is 9.78 Å². The van der Waals surface area contributed by atoms with Crippen LogP contribution in [0.4, 0.5) is 11.5 Å². The van der Waals surface area contributed by atoms with Crippen LogP contribution >= 0.6 is 0 Å². The van der Waals surface area contributed by atoms with Crippen LogP contribution < -0.4 is 10.6 Å². The zero-order valence-corrected chi connectivity index (χ0v) is 6.87. The molecule has 1 aromatic rings. The summed E-state index contributed by atoms with van der Waals surface area (Å²) >= 11 is 0. The molecular formula is C8H9N3O2. The number of anilines is 2. The number of aromatic nitrogens is 1. The summed E-state index contributed by atoms with van der Waals surface area (Å²) in [7, 11) is 0. The van der Waals surface area contributed by atoms with Gasteiger partial charge in [0.25, 0.3) is 0 Å². The Labute approximate surface area is 74.8 Å². The van der Waals surface area contributed by atoms with Crippen molar-refractivity contribution in [1.29, 1.82) is 0 Å². The SMILES string of the molecule is O=C(O)c1ccnc2c1NCCN2. The predicted octanol–water partition coefficient (Wildman–Crippen LogP) is 0.617. The molecule has 13 heavy (non-hydrogen) atoms. The van der Waals surface area contributed by atoms with Crippen LogP contribution in [-0.2, 0) is 0 Å². The Kier molecular flexibility index (Phi) is 1.77. The molecule has 5 heteroatoms. The van der Waals surface area contributed by atoms with Gasteiger partial charge in [0, 0.05) is 19.3 Å². The molecule has 3 N–H and O–H groups in total. The average Bonchev–Trinajstić information content (AvgIpc) is 2.17. The first-order valence-electron chi connectivity index (χ1n) is 3.99. The summed E-state index contributed by atoms with van der Waals surface area (Å²) in [6.07, 6.45) is 1.49. The Morgan fingerprint density at radius 1 is 1.46 bits per heavy atom. The highest BCUT2D eigenvalue weighted by atomic mass is 16.4. The van der Waals surface area contributed by atoms with Gasteiger partial charge in [-0.2, -0.15) is 0 Å². The lowest BCUT2D eigenvalue weighted by Crippen LogP contribution is -2.23. The van der Waals surface area contributed by atoms with E-state index in [1.165, 1.54) is 12.3 Å². The highest BCUT2D eigenvalue weighted by Gasteiger charge is 2.16. The van der Waals surface area contributed by atoms with Crippen LogP contribution in [0.2, 0.25) is 0 Å². The molecule has 0 aromatic carbocycles. The van der Waals surface area contributed by atoms with Crippen molar-refractivity contribution in [2.24, 2.45) is 0 Å². The second-order valence-corrected chi connectivity index (χ2v) is 2.74. The zero-order chi connectivity index (χ0) is 9.26. The molecule has 2 rings (SSSR count). The monoisotopic (exact) mass is 179 g/mol. The highest BCUT2D eigenvalue weighted by molar-refractivity contribution is 5.97. The molecule has 2 heterocycles.